The molecule has 1 fully saturated rings. The third-order valence-electron chi connectivity index (χ3n) is 2.51. The zero-order valence-electron chi connectivity index (χ0n) is 9.47. The second-order valence-electron chi connectivity index (χ2n) is 4.37. The zero-order chi connectivity index (χ0) is 11.6. The van der Waals surface area contributed by atoms with Crippen molar-refractivity contribution in [1.29, 1.82) is 5.26 Å². The van der Waals surface area contributed by atoms with Crippen LogP contribution >= 0.6 is 11.8 Å². The summed E-state index contributed by atoms with van der Waals surface area (Å²) < 4.78 is 0.211. The minimum absolute atomic E-state index is 0.211. The number of hydrogen-bond donors (Lipinski definition) is 0. The van der Waals surface area contributed by atoms with Crippen molar-refractivity contribution in [2.24, 2.45) is 0 Å². The highest BCUT2D eigenvalue weighted by atomic mass is 32.2. The van der Waals surface area contributed by atoms with E-state index in [0.717, 1.165) is 24.7 Å². The van der Waals surface area contributed by atoms with Gasteiger partial charge in [0, 0.05) is 36.0 Å². The predicted octanol–water partition coefficient (Wildman–Crippen LogP) is 1.68. The van der Waals surface area contributed by atoms with Crippen molar-refractivity contribution >= 4 is 17.6 Å². The summed E-state index contributed by atoms with van der Waals surface area (Å²) in [5.41, 5.74) is 0.421. The topological polar surface area (TPSA) is 52.8 Å². The molecule has 0 saturated carbocycles. The summed E-state index contributed by atoms with van der Waals surface area (Å²) in [7, 11) is 0. The Bertz CT molecular complexity index is 424. The summed E-state index contributed by atoms with van der Waals surface area (Å²) in [4.78, 5) is 10.5. The number of anilines is 1. The molecule has 0 bridgehead atoms. The highest BCUT2D eigenvalue weighted by Gasteiger charge is 2.28. The Labute approximate surface area is 99.7 Å². The number of hydrogen-bond acceptors (Lipinski definition) is 5. The predicted molar refractivity (Wildman–Crippen MR) is 65.5 cm³/mol. The van der Waals surface area contributed by atoms with Gasteiger partial charge >= 0.3 is 0 Å². The van der Waals surface area contributed by atoms with Gasteiger partial charge in [-0.05, 0) is 13.8 Å². The molecular formula is C11H14N4S. The van der Waals surface area contributed by atoms with Crippen LogP contribution in [0.5, 0.6) is 0 Å². The fourth-order valence-corrected chi connectivity index (χ4v) is 2.95. The third-order valence-corrected chi connectivity index (χ3v) is 3.81. The van der Waals surface area contributed by atoms with E-state index in [9.17, 15) is 0 Å². The molecule has 1 aliphatic heterocycles. The fourth-order valence-electron chi connectivity index (χ4n) is 1.84. The van der Waals surface area contributed by atoms with Crippen LogP contribution in [0.2, 0.25) is 0 Å². The van der Waals surface area contributed by atoms with Gasteiger partial charge < -0.3 is 4.90 Å². The second kappa shape index (κ2) is 4.30. The van der Waals surface area contributed by atoms with Gasteiger partial charge in [-0.15, -0.1) is 0 Å². The average molecular weight is 234 g/mol. The Hall–Kier alpha value is -1.28. The lowest BCUT2D eigenvalue weighted by molar-refractivity contribution is 0.640. The molecule has 84 valence electrons. The van der Waals surface area contributed by atoms with Crippen molar-refractivity contribution in [3.05, 3.63) is 18.1 Å². The summed E-state index contributed by atoms with van der Waals surface area (Å²) in [6, 6.07) is 2.10. The standard InChI is InChI=1S/C11H14N4S/c1-11(2)8-15(5-6-16-11)10-9(7-12)13-3-4-14-10/h3-4H,5-6,8H2,1-2H3. The van der Waals surface area contributed by atoms with Crippen molar-refractivity contribution in [2.45, 2.75) is 18.6 Å². The zero-order valence-corrected chi connectivity index (χ0v) is 10.3. The van der Waals surface area contributed by atoms with Crippen LogP contribution in [0.15, 0.2) is 12.4 Å². The maximum Gasteiger partial charge on any atom is 0.183 e. The molecule has 16 heavy (non-hydrogen) atoms. The van der Waals surface area contributed by atoms with Crippen molar-refractivity contribution in [3.8, 4) is 6.07 Å². The molecule has 0 radical (unpaired) electrons. The lowest BCUT2D eigenvalue weighted by Crippen LogP contribution is -2.43. The van der Waals surface area contributed by atoms with Crippen molar-refractivity contribution in [3.63, 3.8) is 0 Å². The van der Waals surface area contributed by atoms with Crippen LogP contribution < -0.4 is 4.90 Å². The maximum atomic E-state index is 8.99. The summed E-state index contributed by atoms with van der Waals surface area (Å²) >= 11 is 1.96. The van der Waals surface area contributed by atoms with E-state index >= 15 is 0 Å². The summed E-state index contributed by atoms with van der Waals surface area (Å²) in [5.74, 6) is 1.78. The van der Waals surface area contributed by atoms with E-state index in [1.165, 1.54) is 0 Å². The van der Waals surface area contributed by atoms with E-state index < -0.39 is 0 Å². The quantitative estimate of drug-likeness (QED) is 0.740. The first-order valence-corrected chi connectivity index (χ1v) is 6.21. The molecule has 0 aromatic carbocycles. The lowest BCUT2D eigenvalue weighted by Gasteiger charge is -2.38. The number of thioether (sulfide) groups is 1. The molecule has 1 aromatic rings. The van der Waals surface area contributed by atoms with E-state index in [-0.39, 0.29) is 4.75 Å². The van der Waals surface area contributed by atoms with Gasteiger partial charge in [0.05, 0.1) is 0 Å². The van der Waals surface area contributed by atoms with Crippen LogP contribution in [0, 0.1) is 11.3 Å². The van der Waals surface area contributed by atoms with Gasteiger partial charge in [-0.2, -0.15) is 17.0 Å². The Kier molecular flexibility index (Phi) is 3.01. The molecule has 2 heterocycles. The van der Waals surface area contributed by atoms with Gasteiger partial charge in [0.15, 0.2) is 11.5 Å². The average Bonchev–Trinajstić information content (AvgIpc) is 2.27. The number of nitrogens with zero attached hydrogens (tertiary/aromatic N) is 4. The molecule has 0 amide bonds. The van der Waals surface area contributed by atoms with E-state index in [2.05, 4.69) is 34.8 Å². The second-order valence-corrected chi connectivity index (χ2v) is 6.17. The molecule has 1 aromatic heterocycles. The van der Waals surface area contributed by atoms with Crippen molar-refractivity contribution in [2.75, 3.05) is 23.7 Å². The first-order valence-electron chi connectivity index (χ1n) is 5.22. The Morgan fingerprint density at radius 1 is 1.44 bits per heavy atom. The summed E-state index contributed by atoms with van der Waals surface area (Å²) in [6.07, 6.45) is 3.21. The highest BCUT2D eigenvalue weighted by Crippen LogP contribution is 2.31. The molecule has 2 rings (SSSR count). The molecule has 5 heteroatoms. The van der Waals surface area contributed by atoms with Crippen LogP contribution in [-0.2, 0) is 0 Å². The molecule has 1 aliphatic rings. The smallest absolute Gasteiger partial charge is 0.183 e. The molecule has 0 aliphatic carbocycles. The Morgan fingerprint density at radius 3 is 2.88 bits per heavy atom. The van der Waals surface area contributed by atoms with Crippen molar-refractivity contribution < 1.29 is 0 Å². The molecule has 0 atom stereocenters. The molecular weight excluding hydrogens is 220 g/mol. The molecule has 1 saturated heterocycles. The van der Waals surface area contributed by atoms with Gasteiger partial charge in [-0.1, -0.05) is 0 Å². The minimum atomic E-state index is 0.211. The van der Waals surface area contributed by atoms with E-state index in [1.807, 2.05) is 11.8 Å². The normalized spacial score (nSPS) is 19.2. The summed E-state index contributed by atoms with van der Waals surface area (Å²) in [6.45, 7) is 6.27. The van der Waals surface area contributed by atoms with E-state index in [1.54, 1.807) is 12.4 Å². The largest absolute Gasteiger partial charge is 0.352 e. The summed E-state index contributed by atoms with van der Waals surface area (Å²) in [5, 5.41) is 8.99. The lowest BCUT2D eigenvalue weighted by atomic mass is 10.2. The monoisotopic (exact) mass is 234 g/mol. The van der Waals surface area contributed by atoms with Gasteiger partial charge in [0.25, 0.3) is 0 Å². The van der Waals surface area contributed by atoms with E-state index in [4.69, 9.17) is 5.26 Å². The first-order chi connectivity index (χ1) is 7.62. The highest BCUT2D eigenvalue weighted by molar-refractivity contribution is 8.00. The van der Waals surface area contributed by atoms with Crippen LogP contribution in [0.3, 0.4) is 0 Å². The first kappa shape index (κ1) is 11.2. The van der Waals surface area contributed by atoms with Crippen LogP contribution in [0.4, 0.5) is 5.82 Å². The molecule has 0 spiro atoms. The molecule has 0 unspecified atom stereocenters. The van der Waals surface area contributed by atoms with Gasteiger partial charge in [0.1, 0.15) is 6.07 Å². The maximum absolute atomic E-state index is 8.99. The third kappa shape index (κ3) is 2.27. The van der Waals surface area contributed by atoms with Crippen LogP contribution in [0.25, 0.3) is 0 Å². The van der Waals surface area contributed by atoms with Crippen molar-refractivity contribution in [1.82, 2.24) is 9.97 Å². The van der Waals surface area contributed by atoms with Crippen LogP contribution in [0.1, 0.15) is 19.5 Å². The SMILES string of the molecule is CC1(C)CN(c2nccnc2C#N)CCS1. The van der Waals surface area contributed by atoms with Crippen LogP contribution in [-0.4, -0.2) is 33.6 Å². The Morgan fingerprint density at radius 2 is 2.19 bits per heavy atom. The number of rotatable bonds is 1. The molecule has 0 N–H and O–H groups in total. The van der Waals surface area contributed by atoms with Gasteiger partial charge in [-0.25, -0.2) is 9.97 Å². The Balaban J connectivity index is 2.27. The molecule has 4 nitrogen and oxygen atoms in total. The van der Waals surface area contributed by atoms with Gasteiger partial charge in [-0.3, -0.25) is 0 Å². The van der Waals surface area contributed by atoms with Gasteiger partial charge in [0.2, 0.25) is 0 Å². The number of nitriles is 1. The minimum Gasteiger partial charge on any atom is -0.352 e. The fraction of sp³-hybridized carbons (Fsp3) is 0.545. The number of aromatic nitrogens is 2. The van der Waals surface area contributed by atoms with E-state index in [0.29, 0.717) is 5.69 Å².